The van der Waals surface area contributed by atoms with Gasteiger partial charge in [-0.25, -0.2) is 4.79 Å². The van der Waals surface area contributed by atoms with Gasteiger partial charge in [-0.2, -0.15) is 5.26 Å². The van der Waals surface area contributed by atoms with Crippen molar-refractivity contribution in [3.63, 3.8) is 0 Å². The molecule has 0 aliphatic heterocycles. The fraction of sp³-hybridized carbons (Fsp3) is 0.375. The average Bonchev–Trinajstić information content (AvgIpc) is 2.74. The molecule has 2 aromatic carbocycles. The van der Waals surface area contributed by atoms with Crippen LogP contribution >= 0.6 is 0 Å². The summed E-state index contributed by atoms with van der Waals surface area (Å²) < 4.78 is 10.6. The summed E-state index contributed by atoms with van der Waals surface area (Å²) in [6, 6.07) is 14.6. The van der Waals surface area contributed by atoms with Gasteiger partial charge in [0.25, 0.3) is 0 Å². The minimum atomic E-state index is -0.518. The van der Waals surface area contributed by atoms with Crippen LogP contribution in [0.2, 0.25) is 0 Å². The zero-order valence-electron chi connectivity index (χ0n) is 16.9. The summed E-state index contributed by atoms with van der Waals surface area (Å²) >= 11 is 0. The number of carbonyl (C=O) groups is 2. The molecule has 2 aromatic rings. The maximum atomic E-state index is 12.2. The quantitative estimate of drug-likeness (QED) is 0.273. The van der Waals surface area contributed by atoms with Gasteiger partial charge in [0, 0.05) is 6.42 Å². The molecule has 0 heterocycles. The van der Waals surface area contributed by atoms with Crippen LogP contribution in [-0.2, 0) is 4.79 Å². The third-order valence-corrected chi connectivity index (χ3v) is 4.50. The van der Waals surface area contributed by atoms with Gasteiger partial charge in [0.2, 0.25) is 0 Å². The number of hydrogen-bond donors (Lipinski definition) is 0. The SMILES string of the molecule is CCCCCCCCCC(=O)Oc1ccc(C(=O)Oc2ccc(C#N)cc2)cc1. The number of carbonyl (C=O) groups excluding carboxylic acids is 2. The molecule has 0 fully saturated rings. The van der Waals surface area contributed by atoms with Crippen molar-refractivity contribution in [2.24, 2.45) is 0 Å². The predicted molar refractivity (Wildman–Crippen MR) is 111 cm³/mol. The number of nitriles is 1. The molecule has 0 radical (unpaired) electrons. The fourth-order valence-electron chi connectivity index (χ4n) is 2.83. The van der Waals surface area contributed by atoms with Crippen molar-refractivity contribution in [2.75, 3.05) is 0 Å². The van der Waals surface area contributed by atoms with Gasteiger partial charge >= 0.3 is 11.9 Å². The molecule has 0 bridgehead atoms. The van der Waals surface area contributed by atoms with Crippen LogP contribution in [-0.4, -0.2) is 11.9 Å². The van der Waals surface area contributed by atoms with Gasteiger partial charge in [-0.1, -0.05) is 45.4 Å². The number of benzene rings is 2. The van der Waals surface area contributed by atoms with E-state index in [2.05, 4.69) is 6.92 Å². The van der Waals surface area contributed by atoms with Crippen LogP contribution in [0.1, 0.15) is 74.2 Å². The summed E-state index contributed by atoms with van der Waals surface area (Å²) in [6.45, 7) is 2.20. The lowest BCUT2D eigenvalue weighted by atomic mass is 10.1. The van der Waals surface area contributed by atoms with E-state index in [0.717, 1.165) is 19.3 Å². The van der Waals surface area contributed by atoms with Crippen LogP contribution in [0.4, 0.5) is 0 Å². The minimum Gasteiger partial charge on any atom is -0.427 e. The van der Waals surface area contributed by atoms with E-state index in [4.69, 9.17) is 14.7 Å². The lowest BCUT2D eigenvalue weighted by molar-refractivity contribution is -0.134. The number of nitrogens with zero attached hydrogens (tertiary/aromatic N) is 1. The van der Waals surface area contributed by atoms with E-state index in [1.54, 1.807) is 48.5 Å². The lowest BCUT2D eigenvalue weighted by Gasteiger charge is -2.07. The Morgan fingerprint density at radius 1 is 0.793 bits per heavy atom. The van der Waals surface area contributed by atoms with Crippen LogP contribution in [0.25, 0.3) is 0 Å². The van der Waals surface area contributed by atoms with E-state index in [9.17, 15) is 9.59 Å². The highest BCUT2D eigenvalue weighted by atomic mass is 16.5. The van der Waals surface area contributed by atoms with E-state index >= 15 is 0 Å². The largest absolute Gasteiger partial charge is 0.427 e. The van der Waals surface area contributed by atoms with Crippen molar-refractivity contribution in [2.45, 2.75) is 58.3 Å². The molecular weight excluding hydrogens is 366 g/mol. The van der Waals surface area contributed by atoms with E-state index < -0.39 is 5.97 Å². The average molecular weight is 393 g/mol. The Balaban J connectivity index is 1.73. The molecule has 0 unspecified atom stereocenters. The Kier molecular flexibility index (Phi) is 9.44. The summed E-state index contributed by atoms with van der Waals surface area (Å²) in [5.41, 5.74) is 0.841. The van der Waals surface area contributed by atoms with Crippen molar-refractivity contribution in [1.29, 1.82) is 5.26 Å². The van der Waals surface area contributed by atoms with Crippen molar-refractivity contribution < 1.29 is 19.1 Å². The van der Waals surface area contributed by atoms with E-state index in [1.165, 1.54) is 25.7 Å². The molecule has 0 saturated heterocycles. The standard InChI is InChI=1S/C24H27NO4/c1-2-3-4-5-6-7-8-9-23(26)28-21-16-12-20(13-17-21)24(27)29-22-14-10-19(18-25)11-15-22/h10-17H,2-9H2,1H3. The maximum Gasteiger partial charge on any atom is 0.343 e. The van der Waals surface area contributed by atoms with Crippen molar-refractivity contribution in [3.8, 4) is 17.6 Å². The molecule has 0 atom stereocenters. The van der Waals surface area contributed by atoms with Crippen molar-refractivity contribution in [3.05, 3.63) is 59.7 Å². The first-order valence-electron chi connectivity index (χ1n) is 10.2. The van der Waals surface area contributed by atoms with Gasteiger partial charge in [0.05, 0.1) is 17.2 Å². The van der Waals surface area contributed by atoms with Crippen LogP contribution in [0.5, 0.6) is 11.5 Å². The van der Waals surface area contributed by atoms with Crippen molar-refractivity contribution >= 4 is 11.9 Å². The highest BCUT2D eigenvalue weighted by molar-refractivity contribution is 5.91. The number of rotatable bonds is 11. The van der Waals surface area contributed by atoms with Gasteiger partial charge in [-0.15, -0.1) is 0 Å². The lowest BCUT2D eigenvalue weighted by Crippen LogP contribution is -2.10. The maximum absolute atomic E-state index is 12.2. The summed E-state index contributed by atoms with van der Waals surface area (Å²) in [5, 5.41) is 8.78. The van der Waals surface area contributed by atoms with Gasteiger partial charge in [-0.3, -0.25) is 4.79 Å². The first-order chi connectivity index (χ1) is 14.1. The van der Waals surface area contributed by atoms with E-state index in [0.29, 0.717) is 29.0 Å². The topological polar surface area (TPSA) is 76.4 Å². The molecule has 0 aliphatic rings. The third-order valence-electron chi connectivity index (χ3n) is 4.50. The Bertz CT molecular complexity index is 819. The zero-order valence-corrected chi connectivity index (χ0v) is 16.9. The monoisotopic (exact) mass is 393 g/mol. The van der Waals surface area contributed by atoms with Crippen LogP contribution < -0.4 is 9.47 Å². The molecule has 0 amide bonds. The molecular formula is C24H27NO4. The summed E-state index contributed by atoms with van der Waals surface area (Å²) in [7, 11) is 0. The van der Waals surface area contributed by atoms with Gasteiger partial charge in [0.15, 0.2) is 0 Å². The Labute approximate surface area is 172 Å². The molecule has 0 aliphatic carbocycles. The molecule has 2 rings (SSSR count). The van der Waals surface area contributed by atoms with Gasteiger partial charge in [-0.05, 0) is 55.0 Å². The third kappa shape index (κ3) is 8.18. The number of esters is 2. The first kappa shape index (κ1) is 22.2. The molecule has 0 saturated carbocycles. The summed E-state index contributed by atoms with van der Waals surface area (Å²) in [4.78, 5) is 24.1. The van der Waals surface area contributed by atoms with E-state index in [-0.39, 0.29) is 5.97 Å². The normalized spacial score (nSPS) is 10.2. The molecule has 29 heavy (non-hydrogen) atoms. The van der Waals surface area contributed by atoms with Gasteiger partial charge in [0.1, 0.15) is 11.5 Å². The number of ether oxygens (including phenoxy) is 2. The van der Waals surface area contributed by atoms with Crippen LogP contribution in [0.15, 0.2) is 48.5 Å². The predicted octanol–water partition coefficient (Wildman–Crippen LogP) is 5.82. The second-order valence-electron chi connectivity index (χ2n) is 6.90. The molecule has 152 valence electrons. The second-order valence-corrected chi connectivity index (χ2v) is 6.90. The zero-order chi connectivity index (χ0) is 20.9. The molecule has 0 spiro atoms. The molecule has 0 aromatic heterocycles. The Morgan fingerprint density at radius 2 is 1.34 bits per heavy atom. The van der Waals surface area contributed by atoms with Crippen molar-refractivity contribution in [1.82, 2.24) is 0 Å². The highest BCUT2D eigenvalue weighted by Crippen LogP contribution is 2.17. The highest BCUT2D eigenvalue weighted by Gasteiger charge is 2.10. The van der Waals surface area contributed by atoms with Crippen LogP contribution in [0.3, 0.4) is 0 Å². The Hall–Kier alpha value is -3.13. The van der Waals surface area contributed by atoms with E-state index in [1.807, 2.05) is 6.07 Å². The molecule has 5 nitrogen and oxygen atoms in total. The number of hydrogen-bond acceptors (Lipinski definition) is 5. The first-order valence-corrected chi connectivity index (χ1v) is 10.2. The molecule has 0 N–H and O–H groups in total. The van der Waals surface area contributed by atoms with Gasteiger partial charge < -0.3 is 9.47 Å². The minimum absolute atomic E-state index is 0.258. The summed E-state index contributed by atoms with van der Waals surface area (Å²) in [5.74, 6) is -0.00538. The summed E-state index contributed by atoms with van der Waals surface area (Å²) in [6.07, 6.45) is 8.43. The smallest absolute Gasteiger partial charge is 0.343 e. The van der Waals surface area contributed by atoms with Crippen LogP contribution in [0, 0.1) is 11.3 Å². The molecule has 5 heteroatoms. The second kappa shape index (κ2) is 12.4. The number of unbranched alkanes of at least 4 members (excludes halogenated alkanes) is 6. The Morgan fingerprint density at radius 3 is 1.97 bits per heavy atom. The fourth-order valence-corrected chi connectivity index (χ4v) is 2.83.